The van der Waals surface area contributed by atoms with E-state index in [1.54, 1.807) is 29.3 Å². The van der Waals surface area contributed by atoms with E-state index in [1.807, 2.05) is 24.3 Å². The summed E-state index contributed by atoms with van der Waals surface area (Å²) in [5.74, 6) is -0.453. The van der Waals surface area contributed by atoms with E-state index in [9.17, 15) is 24.4 Å². The Labute approximate surface area is 323 Å². The van der Waals surface area contributed by atoms with Gasteiger partial charge >= 0.3 is 17.9 Å². The van der Waals surface area contributed by atoms with Gasteiger partial charge in [-0.05, 0) is 106 Å². The number of ether oxygens (including phenoxy) is 5. The Morgan fingerprint density at radius 2 is 1.56 bits per heavy atom. The number of thiazole rings is 1. The average molecular weight is 767 g/mol. The van der Waals surface area contributed by atoms with Gasteiger partial charge in [0.2, 0.25) is 5.13 Å². The largest absolute Gasteiger partial charge is 0.494 e. The number of esters is 3. The lowest BCUT2D eigenvalue weighted by Crippen LogP contribution is -2.30. The van der Waals surface area contributed by atoms with Crippen molar-refractivity contribution in [3.8, 4) is 29.1 Å². The monoisotopic (exact) mass is 766 g/mol. The van der Waals surface area contributed by atoms with Crippen LogP contribution < -0.4 is 24.0 Å². The van der Waals surface area contributed by atoms with Crippen molar-refractivity contribution in [2.75, 3.05) is 24.8 Å². The first-order valence-electron chi connectivity index (χ1n) is 18.1. The van der Waals surface area contributed by atoms with Crippen LogP contribution in [0, 0.1) is 23.2 Å². The lowest BCUT2D eigenvalue weighted by atomic mass is 9.82. The summed E-state index contributed by atoms with van der Waals surface area (Å²) in [6.45, 7) is 4.87. The molecule has 286 valence electrons. The van der Waals surface area contributed by atoms with Gasteiger partial charge < -0.3 is 23.7 Å². The lowest BCUT2D eigenvalue weighted by Gasteiger charge is -2.26. The number of hydrogen-bond acceptors (Lipinski definition) is 14. The molecule has 1 fully saturated rings. The summed E-state index contributed by atoms with van der Waals surface area (Å²) < 4.78 is 28.2. The molecular weight excluding hydrogens is 725 g/mol. The van der Waals surface area contributed by atoms with Crippen LogP contribution in [0.1, 0.15) is 63.4 Å². The first kappa shape index (κ1) is 40.1. The van der Waals surface area contributed by atoms with Crippen LogP contribution in [0.2, 0.25) is 0 Å². The molecular formula is C41H42N4O9S. The maximum atomic E-state index is 13.4. The maximum Gasteiger partial charge on any atom is 0.330 e. The lowest BCUT2D eigenvalue weighted by molar-refractivity contribution is -0.145. The Kier molecular flexibility index (Phi) is 15.3. The molecule has 0 aliphatic heterocycles. The van der Waals surface area contributed by atoms with E-state index in [-0.39, 0.29) is 36.4 Å². The van der Waals surface area contributed by atoms with E-state index < -0.39 is 17.9 Å². The molecule has 0 saturated heterocycles. The predicted molar refractivity (Wildman–Crippen MR) is 206 cm³/mol. The molecule has 1 aliphatic carbocycles. The second kappa shape index (κ2) is 21.0. The highest BCUT2D eigenvalue weighted by atomic mass is 32.1. The van der Waals surface area contributed by atoms with Crippen LogP contribution in [0.5, 0.6) is 23.0 Å². The SMILES string of the molecule is C=CC(=O)OCCCCCCOc1ccc(OC(=O)C2CCC(C(=O)Oc3ccc(OC=O)cc3/C=N/N(CCC#N)c3nc4ccccc4s3)CC2)cc1. The van der Waals surface area contributed by atoms with Gasteiger partial charge in [0.05, 0.1) is 60.5 Å². The van der Waals surface area contributed by atoms with Gasteiger partial charge in [0.25, 0.3) is 6.47 Å². The zero-order chi connectivity index (χ0) is 38.8. The second-order valence-electron chi connectivity index (χ2n) is 12.7. The molecule has 0 spiro atoms. The molecule has 1 saturated carbocycles. The van der Waals surface area contributed by atoms with Gasteiger partial charge in [-0.3, -0.25) is 14.4 Å². The number of hydrazone groups is 1. The Balaban J connectivity index is 1.10. The number of fused-ring (bicyclic) bond motifs is 1. The Bertz CT molecular complexity index is 1970. The number of carbonyl (C=O) groups excluding carboxylic acids is 4. The van der Waals surface area contributed by atoms with Crippen LogP contribution in [-0.4, -0.2) is 55.3 Å². The number of nitriles is 1. The Morgan fingerprint density at radius 3 is 2.25 bits per heavy atom. The van der Waals surface area contributed by atoms with Crippen molar-refractivity contribution in [2.24, 2.45) is 16.9 Å². The molecule has 5 rings (SSSR count). The van der Waals surface area contributed by atoms with Crippen molar-refractivity contribution in [1.82, 2.24) is 4.98 Å². The minimum atomic E-state index is -0.442. The fourth-order valence-electron chi connectivity index (χ4n) is 5.85. The summed E-state index contributed by atoms with van der Waals surface area (Å²) in [5, 5.41) is 16.0. The molecule has 0 radical (unpaired) electrons. The number of carbonyl (C=O) groups is 4. The van der Waals surface area contributed by atoms with E-state index in [0.29, 0.717) is 67.6 Å². The van der Waals surface area contributed by atoms with Gasteiger partial charge in [-0.15, -0.1) is 0 Å². The number of anilines is 1. The summed E-state index contributed by atoms with van der Waals surface area (Å²) in [6.07, 6.45) is 8.16. The fourth-order valence-corrected chi connectivity index (χ4v) is 6.80. The second-order valence-corrected chi connectivity index (χ2v) is 13.7. The van der Waals surface area contributed by atoms with Crippen molar-refractivity contribution in [1.29, 1.82) is 5.26 Å². The third kappa shape index (κ3) is 12.2. The number of unbranched alkanes of at least 4 members (excludes halogenated alkanes) is 3. The number of aromatic nitrogens is 1. The van der Waals surface area contributed by atoms with E-state index >= 15 is 0 Å². The molecule has 1 aromatic heterocycles. The van der Waals surface area contributed by atoms with Crippen molar-refractivity contribution < 1.29 is 42.9 Å². The standard InChI is InChI=1S/C41H42N4O9S/c1-2-38(47)51-25-8-4-3-7-24-50-32-16-18-33(19-17-32)53-39(48)29-12-14-30(15-13-29)40(49)54-36-21-20-34(52-28-46)26-31(36)27-43-45(23-9-22-42)41-44-35-10-5-6-11-37(35)55-41/h2,5-6,10-11,16-21,26-30H,1,3-4,7-9,12-15,23-25H2/b43-27+. The summed E-state index contributed by atoms with van der Waals surface area (Å²) in [4.78, 5) is 53.1. The molecule has 1 heterocycles. The van der Waals surface area contributed by atoms with Crippen molar-refractivity contribution in [2.45, 2.75) is 57.8 Å². The van der Waals surface area contributed by atoms with Crippen molar-refractivity contribution >= 4 is 57.3 Å². The number of rotatable bonds is 20. The molecule has 0 amide bonds. The van der Waals surface area contributed by atoms with E-state index in [2.05, 4.69) is 22.7 Å². The van der Waals surface area contributed by atoms with Crippen LogP contribution in [0.15, 0.2) is 84.5 Å². The number of nitrogens with zero attached hydrogens (tertiary/aromatic N) is 4. The highest BCUT2D eigenvalue weighted by molar-refractivity contribution is 7.22. The van der Waals surface area contributed by atoms with Gasteiger partial charge in [-0.25, -0.2) is 14.8 Å². The number of para-hydroxylation sites is 1. The average Bonchev–Trinajstić information content (AvgIpc) is 3.64. The zero-order valence-electron chi connectivity index (χ0n) is 30.3. The number of benzene rings is 3. The summed E-state index contributed by atoms with van der Waals surface area (Å²) in [5.41, 5.74) is 1.19. The minimum Gasteiger partial charge on any atom is -0.494 e. The number of hydrogen-bond donors (Lipinski definition) is 0. The third-order valence-corrected chi connectivity index (χ3v) is 9.86. The molecule has 4 aromatic rings. The zero-order valence-corrected chi connectivity index (χ0v) is 31.1. The smallest absolute Gasteiger partial charge is 0.330 e. The molecule has 55 heavy (non-hydrogen) atoms. The normalized spacial score (nSPS) is 15.1. The highest BCUT2D eigenvalue weighted by Crippen LogP contribution is 2.33. The van der Waals surface area contributed by atoms with Gasteiger partial charge in [0.15, 0.2) is 0 Å². The van der Waals surface area contributed by atoms with Crippen LogP contribution >= 0.6 is 11.3 Å². The van der Waals surface area contributed by atoms with Gasteiger partial charge in [-0.2, -0.15) is 10.4 Å². The van der Waals surface area contributed by atoms with Crippen LogP contribution in [0.4, 0.5) is 5.13 Å². The van der Waals surface area contributed by atoms with Gasteiger partial charge in [0.1, 0.15) is 23.0 Å². The molecule has 0 N–H and O–H groups in total. The first-order valence-corrected chi connectivity index (χ1v) is 18.9. The quantitative estimate of drug-likeness (QED) is 0.0165. The van der Waals surface area contributed by atoms with Gasteiger partial charge in [0, 0.05) is 11.6 Å². The highest BCUT2D eigenvalue weighted by Gasteiger charge is 2.32. The van der Waals surface area contributed by atoms with Crippen LogP contribution in [0.25, 0.3) is 10.2 Å². The first-order chi connectivity index (χ1) is 26.9. The molecule has 0 bridgehead atoms. The molecule has 13 nitrogen and oxygen atoms in total. The van der Waals surface area contributed by atoms with E-state index in [4.69, 9.17) is 23.7 Å². The van der Waals surface area contributed by atoms with Crippen molar-refractivity contribution in [3.05, 3.63) is 84.9 Å². The molecule has 0 unspecified atom stereocenters. The summed E-state index contributed by atoms with van der Waals surface area (Å²) in [7, 11) is 0. The fraction of sp³-hybridized carbons (Fsp3) is 0.341. The Hall–Kier alpha value is -6.07. The summed E-state index contributed by atoms with van der Waals surface area (Å²) in [6, 6.07) is 21.3. The summed E-state index contributed by atoms with van der Waals surface area (Å²) >= 11 is 1.43. The van der Waals surface area contributed by atoms with Crippen LogP contribution in [-0.2, 0) is 23.9 Å². The molecule has 3 aromatic carbocycles. The maximum absolute atomic E-state index is 13.4. The van der Waals surface area contributed by atoms with Crippen molar-refractivity contribution in [3.63, 3.8) is 0 Å². The molecule has 1 aliphatic rings. The molecule has 0 atom stereocenters. The van der Waals surface area contributed by atoms with Gasteiger partial charge in [-0.1, -0.05) is 30.0 Å². The Morgan fingerprint density at radius 1 is 0.891 bits per heavy atom. The predicted octanol–water partition coefficient (Wildman–Crippen LogP) is 7.57. The third-order valence-electron chi connectivity index (χ3n) is 8.81. The van der Waals surface area contributed by atoms with E-state index in [0.717, 1.165) is 42.0 Å². The molecule has 14 heteroatoms. The minimum absolute atomic E-state index is 0.197. The van der Waals surface area contributed by atoms with E-state index in [1.165, 1.54) is 35.8 Å². The topological polar surface area (TPSA) is 167 Å². The van der Waals surface area contributed by atoms with Crippen LogP contribution in [0.3, 0.4) is 0 Å².